The molecule has 10 nitrogen and oxygen atoms in total. The average molecular weight is 407 g/mol. The molecule has 0 unspecified atom stereocenters. The maximum atomic E-state index is 10.5. The average Bonchev–Trinajstić information content (AvgIpc) is 3.20. The molecule has 0 spiro atoms. The summed E-state index contributed by atoms with van der Waals surface area (Å²) >= 11 is 6.21. The van der Waals surface area contributed by atoms with Crippen molar-refractivity contribution in [2.75, 3.05) is 17.7 Å². The highest BCUT2D eigenvalue weighted by Gasteiger charge is 2.45. The molecule has 1 aliphatic rings. The molecule has 0 saturated carbocycles. The van der Waals surface area contributed by atoms with Crippen molar-refractivity contribution in [1.29, 1.82) is 0 Å². The van der Waals surface area contributed by atoms with Gasteiger partial charge >= 0.3 is 0 Å². The van der Waals surface area contributed by atoms with Gasteiger partial charge < -0.3 is 31.1 Å². The molecule has 0 bridgehead atoms. The van der Waals surface area contributed by atoms with Crippen molar-refractivity contribution in [3.05, 3.63) is 41.2 Å². The number of anilines is 2. The fourth-order valence-electron chi connectivity index (χ4n) is 3.20. The Balaban J connectivity index is 1.75. The highest BCUT2D eigenvalue weighted by atomic mass is 35.5. The van der Waals surface area contributed by atoms with E-state index in [1.165, 1.54) is 10.9 Å². The van der Waals surface area contributed by atoms with Crippen molar-refractivity contribution >= 4 is 34.5 Å². The number of benzene rings is 1. The van der Waals surface area contributed by atoms with Gasteiger partial charge in [-0.25, -0.2) is 15.0 Å². The monoisotopic (exact) mass is 406 g/mol. The first-order chi connectivity index (χ1) is 13.5. The number of nitrogens with zero attached hydrogens (tertiary/aromatic N) is 4. The number of nitrogen functional groups attached to an aromatic ring is 1. The smallest absolute Gasteiger partial charge is 0.207 e. The lowest BCUT2D eigenvalue weighted by atomic mass is 10.1. The van der Waals surface area contributed by atoms with Gasteiger partial charge in [0.2, 0.25) is 5.95 Å². The van der Waals surface area contributed by atoms with Gasteiger partial charge in [0.05, 0.1) is 6.61 Å². The minimum atomic E-state index is -1.30. The van der Waals surface area contributed by atoms with Crippen LogP contribution in [0.1, 0.15) is 11.8 Å². The SMILES string of the molecule is Nc1ncnc2c1nc(NCc1ccccc1Cl)n2[C@@H]1O[C@H](CO)[C@@H](O)[C@H]1O. The topological polar surface area (TPSA) is 152 Å². The Labute approximate surface area is 164 Å². The Morgan fingerprint density at radius 1 is 1.21 bits per heavy atom. The van der Waals surface area contributed by atoms with Crippen molar-refractivity contribution in [2.45, 2.75) is 31.1 Å². The van der Waals surface area contributed by atoms with Crippen LogP contribution >= 0.6 is 11.6 Å². The molecule has 1 fully saturated rings. The quantitative estimate of drug-likeness (QED) is 0.402. The van der Waals surface area contributed by atoms with E-state index in [4.69, 9.17) is 22.1 Å². The number of aliphatic hydroxyl groups excluding tert-OH is 3. The Kier molecular flexibility index (Phi) is 5.04. The second-order valence-corrected chi connectivity index (χ2v) is 6.82. The molecular formula is C17H19ClN6O4. The summed E-state index contributed by atoms with van der Waals surface area (Å²) in [7, 11) is 0. The predicted octanol–water partition coefficient (Wildman–Crippen LogP) is 0.285. The molecule has 4 rings (SSSR count). The Bertz CT molecular complexity index is 999. The summed E-state index contributed by atoms with van der Waals surface area (Å²) in [6.45, 7) is -0.105. The summed E-state index contributed by atoms with van der Waals surface area (Å²) in [6.07, 6.45) is -3.25. The van der Waals surface area contributed by atoms with Crippen LogP contribution < -0.4 is 11.1 Å². The van der Waals surface area contributed by atoms with Crippen molar-refractivity contribution in [3.8, 4) is 0 Å². The fraction of sp³-hybridized carbons (Fsp3) is 0.353. The van der Waals surface area contributed by atoms with Crippen LogP contribution in [0.5, 0.6) is 0 Å². The van der Waals surface area contributed by atoms with Crippen LogP contribution in [0.4, 0.5) is 11.8 Å². The summed E-state index contributed by atoms with van der Waals surface area (Å²) < 4.78 is 7.14. The summed E-state index contributed by atoms with van der Waals surface area (Å²) in [5, 5.41) is 33.7. The third kappa shape index (κ3) is 3.15. The van der Waals surface area contributed by atoms with E-state index < -0.39 is 31.1 Å². The van der Waals surface area contributed by atoms with E-state index in [9.17, 15) is 15.3 Å². The van der Waals surface area contributed by atoms with E-state index in [1.54, 1.807) is 6.07 Å². The Morgan fingerprint density at radius 2 is 2.00 bits per heavy atom. The molecule has 28 heavy (non-hydrogen) atoms. The highest BCUT2D eigenvalue weighted by Crippen LogP contribution is 2.35. The molecular weight excluding hydrogens is 388 g/mol. The molecule has 0 radical (unpaired) electrons. The number of halogens is 1. The second kappa shape index (κ2) is 7.49. The van der Waals surface area contributed by atoms with Gasteiger partial charge in [0.15, 0.2) is 23.2 Å². The number of aromatic nitrogens is 4. The second-order valence-electron chi connectivity index (χ2n) is 6.41. The van der Waals surface area contributed by atoms with Crippen molar-refractivity contribution < 1.29 is 20.1 Å². The minimum absolute atomic E-state index is 0.163. The van der Waals surface area contributed by atoms with Gasteiger partial charge in [-0.1, -0.05) is 29.8 Å². The molecule has 3 heterocycles. The zero-order valence-corrected chi connectivity index (χ0v) is 15.4. The maximum Gasteiger partial charge on any atom is 0.207 e. The van der Waals surface area contributed by atoms with Gasteiger partial charge in [0, 0.05) is 11.6 Å². The maximum absolute atomic E-state index is 10.5. The molecule has 2 aromatic heterocycles. The van der Waals surface area contributed by atoms with E-state index in [1.807, 2.05) is 18.2 Å². The molecule has 0 aliphatic carbocycles. The Hall–Kier alpha value is -2.50. The third-order valence-corrected chi connectivity index (χ3v) is 5.04. The first-order valence-corrected chi connectivity index (χ1v) is 8.97. The number of hydrogen-bond donors (Lipinski definition) is 5. The summed E-state index contributed by atoms with van der Waals surface area (Å²) in [6, 6.07) is 7.33. The summed E-state index contributed by atoms with van der Waals surface area (Å²) in [5.74, 6) is 0.466. The van der Waals surface area contributed by atoms with Gasteiger partial charge in [0.25, 0.3) is 0 Å². The number of ether oxygens (including phenoxy) is 1. The molecule has 4 atom stereocenters. The zero-order chi connectivity index (χ0) is 19.8. The molecule has 3 aromatic rings. The van der Waals surface area contributed by atoms with E-state index in [-0.39, 0.29) is 5.82 Å². The molecule has 148 valence electrons. The van der Waals surface area contributed by atoms with Crippen LogP contribution in [0.15, 0.2) is 30.6 Å². The molecule has 1 aliphatic heterocycles. The first-order valence-electron chi connectivity index (χ1n) is 8.59. The minimum Gasteiger partial charge on any atom is -0.394 e. The molecule has 6 N–H and O–H groups in total. The standard InChI is InChI=1S/C17H19ClN6O4/c18-9-4-2-1-3-8(9)5-20-17-23-11-14(19)21-7-22-15(11)24(17)16-13(27)12(26)10(6-25)28-16/h1-4,7,10,12-13,16,25-27H,5-6H2,(H,20,23)(H2,19,21,22)/t10-,12-,13-,16-/m1/s1. The predicted molar refractivity (Wildman–Crippen MR) is 102 cm³/mol. The number of nitrogens with two attached hydrogens (primary N) is 1. The van der Waals surface area contributed by atoms with Crippen LogP contribution in [0.25, 0.3) is 11.2 Å². The van der Waals surface area contributed by atoms with Crippen LogP contribution in [-0.2, 0) is 11.3 Å². The van der Waals surface area contributed by atoms with Crippen LogP contribution in [-0.4, -0.2) is 59.8 Å². The van der Waals surface area contributed by atoms with Gasteiger partial charge in [-0.05, 0) is 11.6 Å². The molecule has 1 saturated heterocycles. The van der Waals surface area contributed by atoms with Crippen molar-refractivity contribution in [1.82, 2.24) is 19.5 Å². The number of nitrogens with one attached hydrogen (secondary N) is 1. The van der Waals surface area contributed by atoms with E-state index in [2.05, 4.69) is 20.3 Å². The highest BCUT2D eigenvalue weighted by molar-refractivity contribution is 6.31. The van der Waals surface area contributed by atoms with E-state index in [0.29, 0.717) is 28.7 Å². The summed E-state index contributed by atoms with van der Waals surface area (Å²) in [4.78, 5) is 12.6. The zero-order valence-electron chi connectivity index (χ0n) is 14.6. The number of imidazole rings is 1. The first kappa shape index (κ1) is 18.8. The lowest BCUT2D eigenvalue weighted by molar-refractivity contribution is -0.0501. The number of aliphatic hydroxyl groups is 3. The summed E-state index contributed by atoms with van der Waals surface area (Å²) in [5.41, 5.74) is 7.40. The van der Waals surface area contributed by atoms with E-state index >= 15 is 0 Å². The van der Waals surface area contributed by atoms with Gasteiger partial charge in [-0.3, -0.25) is 4.57 Å². The third-order valence-electron chi connectivity index (χ3n) is 4.67. The van der Waals surface area contributed by atoms with Gasteiger partial charge in [-0.15, -0.1) is 0 Å². The fourth-order valence-corrected chi connectivity index (χ4v) is 3.40. The van der Waals surface area contributed by atoms with Crippen molar-refractivity contribution in [3.63, 3.8) is 0 Å². The lowest BCUT2D eigenvalue weighted by Gasteiger charge is -2.19. The van der Waals surface area contributed by atoms with E-state index in [0.717, 1.165) is 5.56 Å². The normalized spacial score (nSPS) is 24.7. The molecule has 11 heteroatoms. The Morgan fingerprint density at radius 3 is 2.71 bits per heavy atom. The van der Waals surface area contributed by atoms with Gasteiger partial charge in [-0.2, -0.15) is 0 Å². The number of rotatable bonds is 5. The molecule has 1 aromatic carbocycles. The van der Waals surface area contributed by atoms with Crippen LogP contribution in [0.3, 0.4) is 0 Å². The molecule has 0 amide bonds. The van der Waals surface area contributed by atoms with Crippen LogP contribution in [0, 0.1) is 0 Å². The number of fused-ring (bicyclic) bond motifs is 1. The van der Waals surface area contributed by atoms with Gasteiger partial charge in [0.1, 0.15) is 24.6 Å². The number of hydrogen-bond acceptors (Lipinski definition) is 9. The lowest BCUT2D eigenvalue weighted by Crippen LogP contribution is -2.33. The van der Waals surface area contributed by atoms with Crippen molar-refractivity contribution in [2.24, 2.45) is 0 Å². The largest absolute Gasteiger partial charge is 0.394 e. The van der Waals surface area contributed by atoms with Crippen LogP contribution in [0.2, 0.25) is 5.02 Å².